The van der Waals surface area contributed by atoms with E-state index in [2.05, 4.69) is 60.8 Å². The Morgan fingerprint density at radius 1 is 1.12 bits per heavy atom. The Balaban J connectivity index is 2.03. The molecule has 1 aromatic heterocycles. The molecular formula is C21H30BrNO2Si. The van der Waals surface area contributed by atoms with Crippen LogP contribution in [0.4, 0.5) is 0 Å². The van der Waals surface area contributed by atoms with Gasteiger partial charge in [-0.25, -0.2) is 0 Å². The van der Waals surface area contributed by atoms with Crippen LogP contribution >= 0.6 is 15.9 Å². The molecule has 0 aliphatic heterocycles. The van der Waals surface area contributed by atoms with Crippen molar-refractivity contribution in [3.63, 3.8) is 0 Å². The minimum absolute atomic E-state index is 0.0692. The maximum Gasteiger partial charge on any atom is 0.192 e. The number of ether oxygens (including phenoxy) is 1. The molecule has 0 radical (unpaired) electrons. The van der Waals surface area contributed by atoms with Crippen molar-refractivity contribution in [2.45, 2.75) is 57.8 Å². The van der Waals surface area contributed by atoms with Crippen LogP contribution in [0, 0.1) is 0 Å². The van der Waals surface area contributed by atoms with Gasteiger partial charge < -0.3 is 9.16 Å². The number of pyridine rings is 1. The van der Waals surface area contributed by atoms with Crippen molar-refractivity contribution in [1.29, 1.82) is 0 Å². The van der Waals surface area contributed by atoms with Crippen molar-refractivity contribution in [2.24, 2.45) is 0 Å². The zero-order chi connectivity index (χ0) is 19.2. The van der Waals surface area contributed by atoms with Crippen LogP contribution in [0.1, 0.15) is 32.8 Å². The summed E-state index contributed by atoms with van der Waals surface area (Å²) in [4.78, 5) is 4.21. The van der Waals surface area contributed by atoms with E-state index in [0.29, 0.717) is 6.61 Å². The van der Waals surface area contributed by atoms with Crippen molar-refractivity contribution in [2.75, 3.05) is 6.61 Å². The number of nitrogens with zero attached hydrogens (tertiary/aromatic N) is 1. The van der Waals surface area contributed by atoms with Crippen LogP contribution in [0.15, 0.2) is 53.3 Å². The smallest absolute Gasteiger partial charge is 0.192 e. The Kier molecular flexibility index (Phi) is 7.44. The second kappa shape index (κ2) is 9.15. The summed E-state index contributed by atoms with van der Waals surface area (Å²) in [7, 11) is -1.86. The fraction of sp³-hybridized carbons (Fsp3) is 0.476. The van der Waals surface area contributed by atoms with E-state index < -0.39 is 8.32 Å². The van der Waals surface area contributed by atoms with E-state index >= 15 is 0 Å². The number of hydrogen-bond acceptors (Lipinski definition) is 3. The van der Waals surface area contributed by atoms with Gasteiger partial charge in [0, 0.05) is 16.9 Å². The number of hydrogen-bond donors (Lipinski definition) is 0. The van der Waals surface area contributed by atoms with E-state index in [0.717, 1.165) is 23.1 Å². The first-order valence-corrected chi connectivity index (χ1v) is 12.8. The molecule has 142 valence electrons. The molecule has 1 unspecified atom stereocenters. The Hall–Kier alpha value is -1.17. The Morgan fingerprint density at radius 3 is 2.38 bits per heavy atom. The molecule has 0 bridgehead atoms. The first kappa shape index (κ1) is 21.1. The summed E-state index contributed by atoms with van der Waals surface area (Å²) < 4.78 is 13.7. The van der Waals surface area contributed by atoms with E-state index in [4.69, 9.17) is 9.16 Å². The lowest BCUT2D eigenvalue weighted by Crippen LogP contribution is -2.45. The molecule has 0 aliphatic carbocycles. The zero-order valence-electron chi connectivity index (χ0n) is 16.5. The molecule has 1 aromatic carbocycles. The summed E-state index contributed by atoms with van der Waals surface area (Å²) in [6, 6.07) is 12.1. The molecule has 1 atom stereocenters. The van der Waals surface area contributed by atoms with Gasteiger partial charge >= 0.3 is 0 Å². The van der Waals surface area contributed by atoms with Crippen molar-refractivity contribution in [1.82, 2.24) is 4.98 Å². The van der Waals surface area contributed by atoms with Gasteiger partial charge in [0.1, 0.15) is 12.4 Å². The largest absolute Gasteiger partial charge is 0.491 e. The van der Waals surface area contributed by atoms with Gasteiger partial charge in [0.15, 0.2) is 8.32 Å². The quantitative estimate of drug-likeness (QED) is 0.459. The van der Waals surface area contributed by atoms with Gasteiger partial charge in [0.2, 0.25) is 0 Å². The topological polar surface area (TPSA) is 31.4 Å². The fourth-order valence-corrected chi connectivity index (χ4v) is 4.00. The third-order valence-electron chi connectivity index (χ3n) is 4.99. The van der Waals surface area contributed by atoms with Gasteiger partial charge in [-0.05, 0) is 66.9 Å². The molecule has 3 nitrogen and oxygen atoms in total. The van der Waals surface area contributed by atoms with E-state index in [1.54, 1.807) is 0 Å². The summed E-state index contributed by atoms with van der Waals surface area (Å²) in [5.41, 5.74) is 1.24. The maximum absolute atomic E-state index is 6.65. The monoisotopic (exact) mass is 435 g/mol. The van der Waals surface area contributed by atoms with Crippen molar-refractivity contribution in [3.05, 3.63) is 58.8 Å². The summed E-state index contributed by atoms with van der Waals surface area (Å²) >= 11 is 3.46. The van der Waals surface area contributed by atoms with E-state index in [1.807, 2.05) is 42.7 Å². The predicted octanol–water partition coefficient (Wildman–Crippen LogP) is 6.25. The summed E-state index contributed by atoms with van der Waals surface area (Å²) in [6.07, 6.45) is 5.67. The number of aromatic nitrogens is 1. The van der Waals surface area contributed by atoms with Crippen LogP contribution in [-0.2, 0) is 10.8 Å². The highest BCUT2D eigenvalue weighted by molar-refractivity contribution is 9.10. The number of benzene rings is 1. The lowest BCUT2D eigenvalue weighted by molar-refractivity contribution is 0.108. The Bertz CT molecular complexity index is 669. The molecule has 0 aliphatic rings. The van der Waals surface area contributed by atoms with E-state index in [1.165, 1.54) is 5.56 Å². The van der Waals surface area contributed by atoms with Gasteiger partial charge in [-0.3, -0.25) is 4.98 Å². The molecule has 2 aromatic rings. The van der Waals surface area contributed by atoms with Gasteiger partial charge in [-0.1, -0.05) is 42.8 Å². The summed E-state index contributed by atoms with van der Waals surface area (Å²) in [6.45, 7) is 12.0. The van der Waals surface area contributed by atoms with Gasteiger partial charge in [-0.15, -0.1) is 0 Å². The third kappa shape index (κ3) is 6.52. The molecule has 5 heteroatoms. The summed E-state index contributed by atoms with van der Waals surface area (Å²) in [5.74, 6) is 0.874. The molecule has 0 amide bonds. The van der Waals surface area contributed by atoms with Gasteiger partial charge in [-0.2, -0.15) is 0 Å². The molecule has 0 N–H and O–H groups in total. The van der Waals surface area contributed by atoms with E-state index in [9.17, 15) is 0 Å². The molecular weight excluding hydrogens is 406 g/mol. The second-order valence-corrected chi connectivity index (χ2v) is 13.8. The average molecular weight is 436 g/mol. The molecule has 0 saturated carbocycles. The van der Waals surface area contributed by atoms with Crippen LogP contribution in [0.5, 0.6) is 5.75 Å². The van der Waals surface area contributed by atoms with Gasteiger partial charge in [0.05, 0.1) is 6.10 Å². The second-order valence-electron chi connectivity index (χ2n) is 8.17. The predicted molar refractivity (Wildman–Crippen MR) is 114 cm³/mol. The van der Waals surface area contributed by atoms with Crippen molar-refractivity contribution < 1.29 is 9.16 Å². The van der Waals surface area contributed by atoms with Crippen LogP contribution < -0.4 is 4.74 Å². The minimum atomic E-state index is -1.86. The maximum atomic E-state index is 6.65. The third-order valence-corrected chi connectivity index (χ3v) is 10.1. The van der Waals surface area contributed by atoms with Crippen molar-refractivity contribution in [3.8, 4) is 5.75 Å². The molecule has 2 rings (SSSR count). The lowest BCUT2D eigenvalue weighted by Gasteiger charge is -2.39. The summed E-state index contributed by atoms with van der Waals surface area (Å²) in [5, 5.41) is 0.178. The normalized spacial score (nSPS) is 13.5. The highest BCUT2D eigenvalue weighted by atomic mass is 79.9. The van der Waals surface area contributed by atoms with Crippen LogP contribution in [0.25, 0.3) is 0 Å². The molecule has 1 heterocycles. The van der Waals surface area contributed by atoms with E-state index in [-0.39, 0.29) is 11.1 Å². The van der Waals surface area contributed by atoms with Crippen molar-refractivity contribution >= 4 is 24.2 Å². The lowest BCUT2D eigenvalue weighted by atomic mass is 10.1. The van der Waals surface area contributed by atoms with Gasteiger partial charge in [0.25, 0.3) is 0 Å². The zero-order valence-corrected chi connectivity index (χ0v) is 19.0. The van der Waals surface area contributed by atoms with Crippen LogP contribution in [0.3, 0.4) is 0 Å². The first-order chi connectivity index (χ1) is 12.2. The Labute approximate surface area is 167 Å². The molecule has 0 fully saturated rings. The number of aryl methyl sites for hydroxylation is 1. The Morgan fingerprint density at radius 2 is 1.81 bits per heavy atom. The number of rotatable bonds is 8. The van der Waals surface area contributed by atoms with Crippen LogP contribution in [0.2, 0.25) is 18.1 Å². The average Bonchev–Trinajstić information content (AvgIpc) is 2.58. The highest BCUT2D eigenvalue weighted by Crippen LogP contribution is 2.37. The molecule has 0 spiro atoms. The molecule has 26 heavy (non-hydrogen) atoms. The minimum Gasteiger partial charge on any atom is -0.491 e. The standard InChI is InChI=1S/C21H30BrNO2Si/c1-21(2,3)26(4,5)25-20(11-8-17-7-6-14-23-15-17)16-24-19-12-9-18(22)10-13-19/h6-7,9-10,12-15,20H,8,11,16H2,1-5H3. The van der Waals surface area contributed by atoms with Crippen LogP contribution in [-0.4, -0.2) is 26.0 Å². The number of halogens is 1. The fourth-order valence-electron chi connectivity index (χ4n) is 2.36. The molecule has 0 saturated heterocycles. The first-order valence-electron chi connectivity index (χ1n) is 9.12. The SMILES string of the molecule is CC(C)(C)[Si](C)(C)OC(CCc1cccnc1)COc1ccc(Br)cc1. The highest BCUT2D eigenvalue weighted by Gasteiger charge is 2.39.